The highest BCUT2D eigenvalue weighted by Crippen LogP contribution is 2.21. The maximum atomic E-state index is 11.8. The van der Waals surface area contributed by atoms with Gasteiger partial charge < -0.3 is 0 Å². The fourth-order valence-electron chi connectivity index (χ4n) is 1.55. The highest BCUT2D eigenvalue weighted by atomic mass is 35.5. The first-order valence-electron chi connectivity index (χ1n) is 5.20. The van der Waals surface area contributed by atoms with Gasteiger partial charge in [-0.25, -0.2) is 17.8 Å². The molecule has 0 saturated heterocycles. The summed E-state index contributed by atoms with van der Waals surface area (Å²) in [6.07, 6.45) is 1.44. The summed E-state index contributed by atoms with van der Waals surface area (Å²) in [6, 6.07) is 6.65. The fraction of sp³-hybridized carbons (Fsp3) is 0.182. The smallest absolute Gasteiger partial charge is 0.221 e. The summed E-state index contributed by atoms with van der Waals surface area (Å²) in [6.45, 7) is 1.85. The second-order valence-corrected chi connectivity index (χ2v) is 5.96. The zero-order valence-corrected chi connectivity index (χ0v) is 11.5. The topological polar surface area (TPSA) is 64.0 Å². The summed E-state index contributed by atoms with van der Waals surface area (Å²) in [4.78, 5) is 0. The van der Waals surface area contributed by atoms with E-state index in [-0.39, 0.29) is 5.03 Å². The number of nitrogens with one attached hydrogen (secondary N) is 1. The van der Waals surface area contributed by atoms with E-state index in [9.17, 15) is 8.42 Å². The number of halogens is 1. The minimum atomic E-state index is -3.54. The van der Waals surface area contributed by atoms with Crippen molar-refractivity contribution in [3.8, 4) is 5.69 Å². The molecule has 0 unspecified atom stereocenters. The van der Waals surface area contributed by atoms with Gasteiger partial charge in [-0.05, 0) is 43.8 Å². The van der Waals surface area contributed by atoms with Crippen LogP contribution in [0.15, 0.2) is 35.5 Å². The summed E-state index contributed by atoms with van der Waals surface area (Å²) in [5, 5.41) is 4.74. The second kappa shape index (κ2) is 4.72. The number of nitrogens with zero attached hydrogens (tertiary/aromatic N) is 2. The Morgan fingerprint density at radius 1 is 1.33 bits per heavy atom. The first kappa shape index (κ1) is 13.1. The molecular weight excluding hydrogens is 274 g/mol. The number of hydrogen-bond acceptors (Lipinski definition) is 3. The van der Waals surface area contributed by atoms with Crippen LogP contribution in [0.5, 0.6) is 0 Å². The normalized spacial score (nSPS) is 11.7. The Hall–Kier alpha value is -1.37. The largest absolute Gasteiger partial charge is 0.257 e. The maximum absolute atomic E-state index is 11.8. The average molecular weight is 286 g/mol. The monoisotopic (exact) mass is 285 g/mol. The van der Waals surface area contributed by atoms with Crippen LogP contribution in [0, 0.1) is 6.92 Å². The van der Waals surface area contributed by atoms with Crippen LogP contribution in [-0.2, 0) is 10.0 Å². The molecule has 0 saturated carbocycles. The van der Waals surface area contributed by atoms with Crippen LogP contribution in [0.4, 0.5) is 0 Å². The minimum absolute atomic E-state index is 0.0896. The lowest BCUT2D eigenvalue weighted by atomic mass is 10.2. The predicted molar refractivity (Wildman–Crippen MR) is 69.6 cm³/mol. The fourth-order valence-corrected chi connectivity index (χ4v) is 2.50. The Labute approximate surface area is 110 Å². The Balaban J connectivity index is 2.59. The van der Waals surface area contributed by atoms with Crippen LogP contribution in [0.1, 0.15) is 5.56 Å². The Morgan fingerprint density at radius 3 is 2.67 bits per heavy atom. The van der Waals surface area contributed by atoms with Crippen LogP contribution in [0.3, 0.4) is 0 Å². The summed E-state index contributed by atoms with van der Waals surface area (Å²) in [7, 11) is -2.18. The molecule has 0 bridgehead atoms. The van der Waals surface area contributed by atoms with Crippen LogP contribution < -0.4 is 4.72 Å². The van der Waals surface area contributed by atoms with Gasteiger partial charge in [-0.15, -0.1) is 0 Å². The van der Waals surface area contributed by atoms with Crippen molar-refractivity contribution in [1.29, 1.82) is 0 Å². The van der Waals surface area contributed by atoms with E-state index in [0.29, 0.717) is 10.7 Å². The van der Waals surface area contributed by atoms with E-state index in [1.807, 2.05) is 6.92 Å². The van der Waals surface area contributed by atoms with Crippen molar-refractivity contribution < 1.29 is 8.42 Å². The highest BCUT2D eigenvalue weighted by Gasteiger charge is 2.18. The van der Waals surface area contributed by atoms with Gasteiger partial charge in [-0.2, -0.15) is 5.10 Å². The number of aryl methyl sites for hydroxylation is 1. The zero-order chi connectivity index (χ0) is 13.3. The molecule has 2 aromatic rings. The molecule has 0 fully saturated rings. The number of sulfonamides is 1. The van der Waals surface area contributed by atoms with E-state index in [1.54, 1.807) is 18.2 Å². The van der Waals surface area contributed by atoms with E-state index in [1.165, 1.54) is 24.0 Å². The lowest BCUT2D eigenvalue weighted by Crippen LogP contribution is -2.21. The van der Waals surface area contributed by atoms with Crippen molar-refractivity contribution in [2.75, 3.05) is 7.05 Å². The minimum Gasteiger partial charge on any atom is -0.221 e. The quantitative estimate of drug-likeness (QED) is 0.934. The molecule has 0 aliphatic carbocycles. The first-order chi connectivity index (χ1) is 8.45. The lowest BCUT2D eigenvalue weighted by Gasteiger charge is -2.08. The van der Waals surface area contributed by atoms with Gasteiger partial charge in [0.15, 0.2) is 5.03 Å². The van der Waals surface area contributed by atoms with Crippen molar-refractivity contribution in [3.63, 3.8) is 0 Å². The molecule has 1 aromatic carbocycles. The molecular formula is C11H12ClN3O2S. The molecule has 0 spiro atoms. The van der Waals surface area contributed by atoms with Gasteiger partial charge in [-0.1, -0.05) is 11.6 Å². The molecule has 1 heterocycles. The van der Waals surface area contributed by atoms with Gasteiger partial charge in [-0.3, -0.25) is 0 Å². The maximum Gasteiger partial charge on any atom is 0.257 e. The standard InChI is InChI=1S/C11H12ClN3O2S/c1-8-7-9(3-4-10(8)12)15-11(5-6-14-15)18(16,17)13-2/h3-7,13H,1-2H3. The van der Waals surface area contributed by atoms with Crippen molar-refractivity contribution in [1.82, 2.24) is 14.5 Å². The Morgan fingerprint density at radius 2 is 2.06 bits per heavy atom. The molecule has 1 aromatic heterocycles. The van der Waals surface area contributed by atoms with Crippen LogP contribution >= 0.6 is 11.6 Å². The Kier molecular flexibility index (Phi) is 3.43. The highest BCUT2D eigenvalue weighted by molar-refractivity contribution is 7.89. The van der Waals surface area contributed by atoms with Gasteiger partial charge in [0, 0.05) is 5.02 Å². The molecule has 7 heteroatoms. The van der Waals surface area contributed by atoms with Crippen LogP contribution in [0.25, 0.3) is 5.69 Å². The first-order valence-corrected chi connectivity index (χ1v) is 7.06. The van der Waals surface area contributed by atoms with Gasteiger partial charge in [0.05, 0.1) is 11.9 Å². The summed E-state index contributed by atoms with van der Waals surface area (Å²) >= 11 is 5.94. The van der Waals surface area contributed by atoms with Crippen molar-refractivity contribution >= 4 is 21.6 Å². The summed E-state index contributed by atoms with van der Waals surface area (Å²) in [5.74, 6) is 0. The van der Waals surface area contributed by atoms with Gasteiger partial charge in [0.1, 0.15) is 0 Å². The van der Waals surface area contributed by atoms with E-state index < -0.39 is 10.0 Å². The number of rotatable bonds is 3. The van der Waals surface area contributed by atoms with Gasteiger partial charge in [0.25, 0.3) is 10.0 Å². The molecule has 1 N–H and O–H groups in total. The third-order valence-electron chi connectivity index (χ3n) is 2.54. The molecule has 0 radical (unpaired) electrons. The van der Waals surface area contributed by atoms with E-state index in [2.05, 4.69) is 9.82 Å². The Bertz CT molecular complexity index is 679. The summed E-state index contributed by atoms with van der Waals surface area (Å²) < 4.78 is 27.2. The number of hydrogen-bond donors (Lipinski definition) is 1. The zero-order valence-electron chi connectivity index (χ0n) is 9.88. The molecule has 0 atom stereocenters. The molecule has 0 aliphatic heterocycles. The predicted octanol–water partition coefficient (Wildman–Crippen LogP) is 1.74. The van der Waals surface area contributed by atoms with Gasteiger partial charge >= 0.3 is 0 Å². The molecule has 18 heavy (non-hydrogen) atoms. The third-order valence-corrected chi connectivity index (χ3v) is 4.36. The number of aromatic nitrogens is 2. The van der Waals surface area contributed by atoms with E-state index in [0.717, 1.165) is 5.56 Å². The van der Waals surface area contributed by atoms with Crippen LogP contribution in [-0.4, -0.2) is 25.2 Å². The van der Waals surface area contributed by atoms with Crippen molar-refractivity contribution in [3.05, 3.63) is 41.0 Å². The lowest BCUT2D eigenvalue weighted by molar-refractivity contribution is 0.578. The molecule has 96 valence electrons. The molecule has 0 amide bonds. The SMILES string of the molecule is CNS(=O)(=O)c1ccnn1-c1ccc(Cl)c(C)c1. The van der Waals surface area contributed by atoms with Crippen LogP contribution in [0.2, 0.25) is 5.02 Å². The van der Waals surface area contributed by atoms with Crippen molar-refractivity contribution in [2.45, 2.75) is 11.9 Å². The molecule has 5 nitrogen and oxygen atoms in total. The summed E-state index contributed by atoms with van der Waals surface area (Å²) in [5.41, 5.74) is 1.51. The molecule has 2 rings (SSSR count). The number of benzene rings is 1. The third kappa shape index (κ3) is 2.27. The average Bonchev–Trinajstić information content (AvgIpc) is 2.82. The van der Waals surface area contributed by atoms with E-state index in [4.69, 9.17) is 11.6 Å². The van der Waals surface area contributed by atoms with Crippen molar-refractivity contribution in [2.24, 2.45) is 0 Å². The van der Waals surface area contributed by atoms with E-state index >= 15 is 0 Å². The molecule has 0 aliphatic rings. The van der Waals surface area contributed by atoms with Gasteiger partial charge in [0.2, 0.25) is 0 Å². The second-order valence-electron chi connectivity index (χ2n) is 3.72.